The monoisotopic (exact) mass is 204 g/mol. The predicted molar refractivity (Wildman–Crippen MR) is 50.9 cm³/mol. The van der Waals surface area contributed by atoms with Crippen LogP contribution in [-0.4, -0.2) is 45.2 Å². The number of hydrogen-bond donors (Lipinski definition) is 1. The highest BCUT2D eigenvalue weighted by Crippen LogP contribution is 2.31. The smallest absolute Gasteiger partial charge is 0.215 e. The zero-order valence-corrected chi connectivity index (χ0v) is 8.68. The molecule has 0 spiro atoms. The fraction of sp³-hybridized carbons (Fsp3) is 1.00. The maximum atomic E-state index is 11.6. The van der Waals surface area contributed by atoms with E-state index in [1.165, 1.54) is 7.05 Å². The first-order chi connectivity index (χ1) is 6.13. The molecule has 0 aromatic heterocycles. The number of hydrogen-bond acceptors (Lipinski definition) is 3. The second kappa shape index (κ2) is 3.22. The molecule has 1 atom stereocenters. The molecule has 0 aromatic rings. The van der Waals surface area contributed by atoms with E-state index in [0.717, 1.165) is 32.5 Å². The first kappa shape index (κ1) is 9.43. The van der Waals surface area contributed by atoms with Gasteiger partial charge >= 0.3 is 0 Å². The summed E-state index contributed by atoms with van der Waals surface area (Å²) in [7, 11) is -1.54. The van der Waals surface area contributed by atoms with Crippen molar-refractivity contribution in [3.63, 3.8) is 0 Å². The Hall–Kier alpha value is -0.130. The molecule has 0 amide bonds. The van der Waals surface area contributed by atoms with Crippen LogP contribution in [0.25, 0.3) is 0 Å². The molecule has 0 saturated carbocycles. The van der Waals surface area contributed by atoms with Crippen LogP contribution in [0, 0.1) is 5.92 Å². The van der Waals surface area contributed by atoms with Crippen molar-refractivity contribution in [1.82, 2.24) is 9.62 Å². The third-order valence-electron chi connectivity index (χ3n) is 3.28. The Balaban J connectivity index is 2.18. The largest absolute Gasteiger partial charge is 0.302 e. The van der Waals surface area contributed by atoms with Crippen LogP contribution in [0.15, 0.2) is 0 Å². The first-order valence-corrected chi connectivity index (χ1v) is 6.33. The Bertz CT molecular complexity index is 281. The van der Waals surface area contributed by atoms with Crippen molar-refractivity contribution >= 4 is 10.0 Å². The highest BCUT2D eigenvalue weighted by molar-refractivity contribution is 7.90. The lowest BCUT2D eigenvalue weighted by Gasteiger charge is -2.43. The summed E-state index contributed by atoms with van der Waals surface area (Å²) in [5, 5.41) is -0.167. The lowest BCUT2D eigenvalue weighted by Crippen LogP contribution is -2.55. The highest BCUT2D eigenvalue weighted by atomic mass is 32.2. The van der Waals surface area contributed by atoms with Crippen molar-refractivity contribution in [2.75, 3.05) is 26.7 Å². The van der Waals surface area contributed by atoms with E-state index in [1.807, 2.05) is 0 Å². The standard InChI is InChI=1S/C8H16N2O2S/c1-9-13(11,12)8-6-10-4-2-7(8)3-5-10/h7-9H,2-6H2,1H3. The number of rotatable bonds is 2. The molecule has 1 unspecified atom stereocenters. The Morgan fingerprint density at radius 3 is 2.31 bits per heavy atom. The van der Waals surface area contributed by atoms with Crippen LogP contribution in [0.4, 0.5) is 0 Å². The molecular formula is C8H16N2O2S. The molecule has 3 rings (SSSR count). The fourth-order valence-electron chi connectivity index (χ4n) is 2.41. The maximum Gasteiger partial charge on any atom is 0.215 e. The summed E-state index contributed by atoms with van der Waals surface area (Å²) in [6, 6.07) is 0. The number of nitrogens with zero attached hydrogens (tertiary/aromatic N) is 1. The van der Waals surface area contributed by atoms with E-state index in [0.29, 0.717) is 5.92 Å². The van der Waals surface area contributed by atoms with E-state index in [4.69, 9.17) is 0 Å². The quantitative estimate of drug-likeness (QED) is 0.667. The summed E-state index contributed by atoms with van der Waals surface area (Å²) in [6.45, 7) is 2.90. The fourth-order valence-corrected chi connectivity index (χ4v) is 3.90. The van der Waals surface area contributed by atoms with Crippen LogP contribution in [0.5, 0.6) is 0 Å². The maximum absolute atomic E-state index is 11.6. The van der Waals surface area contributed by atoms with Crippen LogP contribution in [0.1, 0.15) is 12.8 Å². The SMILES string of the molecule is CNS(=O)(=O)C1CN2CCC1CC2. The summed E-state index contributed by atoms with van der Waals surface area (Å²) >= 11 is 0. The highest BCUT2D eigenvalue weighted by Gasteiger charge is 2.40. The molecule has 5 heteroatoms. The van der Waals surface area contributed by atoms with Gasteiger partial charge in [0, 0.05) is 6.54 Å². The third kappa shape index (κ3) is 1.60. The van der Waals surface area contributed by atoms with E-state index >= 15 is 0 Å². The predicted octanol–water partition coefficient (Wildman–Crippen LogP) is -0.370. The molecule has 0 radical (unpaired) electrons. The van der Waals surface area contributed by atoms with Crippen molar-refractivity contribution in [2.24, 2.45) is 5.92 Å². The summed E-state index contributed by atoms with van der Waals surface area (Å²) in [5.41, 5.74) is 0. The molecule has 1 N–H and O–H groups in total. The average Bonchev–Trinajstić information content (AvgIpc) is 2.19. The van der Waals surface area contributed by atoms with Crippen molar-refractivity contribution in [3.8, 4) is 0 Å². The van der Waals surface area contributed by atoms with Crippen LogP contribution in [0.2, 0.25) is 0 Å². The van der Waals surface area contributed by atoms with Crippen LogP contribution in [-0.2, 0) is 10.0 Å². The van der Waals surface area contributed by atoms with Gasteiger partial charge in [0.25, 0.3) is 0 Å². The van der Waals surface area contributed by atoms with Gasteiger partial charge < -0.3 is 4.90 Å². The Kier molecular flexibility index (Phi) is 2.33. The second-order valence-corrected chi connectivity index (χ2v) is 6.03. The van der Waals surface area contributed by atoms with Crippen molar-refractivity contribution in [3.05, 3.63) is 0 Å². The van der Waals surface area contributed by atoms with E-state index in [9.17, 15) is 8.42 Å². The Labute approximate surface area is 79.4 Å². The van der Waals surface area contributed by atoms with E-state index in [2.05, 4.69) is 9.62 Å². The minimum atomic E-state index is -3.04. The zero-order chi connectivity index (χ0) is 9.47. The second-order valence-electron chi connectivity index (χ2n) is 3.93. The number of nitrogens with one attached hydrogen (secondary N) is 1. The number of fused-ring (bicyclic) bond motifs is 3. The Morgan fingerprint density at radius 2 is 1.92 bits per heavy atom. The van der Waals surface area contributed by atoms with Crippen molar-refractivity contribution in [2.45, 2.75) is 18.1 Å². The molecule has 2 bridgehead atoms. The molecule has 3 heterocycles. The van der Waals surface area contributed by atoms with Gasteiger partial charge in [0.2, 0.25) is 10.0 Å². The Morgan fingerprint density at radius 1 is 1.31 bits per heavy atom. The molecule has 3 saturated heterocycles. The van der Waals surface area contributed by atoms with Crippen LogP contribution in [0.3, 0.4) is 0 Å². The summed E-state index contributed by atoms with van der Waals surface area (Å²) in [5.74, 6) is 0.391. The van der Waals surface area contributed by atoms with Gasteiger partial charge in [0.1, 0.15) is 0 Å². The first-order valence-electron chi connectivity index (χ1n) is 4.78. The third-order valence-corrected chi connectivity index (χ3v) is 5.18. The molecule has 0 aliphatic carbocycles. The number of piperidine rings is 3. The average molecular weight is 204 g/mol. The van der Waals surface area contributed by atoms with Gasteiger partial charge in [0.05, 0.1) is 5.25 Å². The van der Waals surface area contributed by atoms with Crippen molar-refractivity contribution in [1.29, 1.82) is 0 Å². The topological polar surface area (TPSA) is 49.4 Å². The minimum absolute atomic E-state index is 0.167. The van der Waals surface area contributed by atoms with Gasteiger partial charge in [-0.2, -0.15) is 0 Å². The number of sulfonamides is 1. The molecule has 76 valence electrons. The molecule has 4 nitrogen and oxygen atoms in total. The van der Waals surface area contributed by atoms with E-state index in [-0.39, 0.29) is 5.25 Å². The molecule has 3 aliphatic heterocycles. The normalized spacial score (nSPS) is 39.3. The van der Waals surface area contributed by atoms with Gasteiger partial charge in [-0.25, -0.2) is 13.1 Å². The molecular weight excluding hydrogens is 188 g/mol. The van der Waals surface area contributed by atoms with Gasteiger partial charge in [-0.05, 0) is 38.9 Å². The summed E-state index contributed by atoms with van der Waals surface area (Å²) < 4.78 is 25.7. The summed E-state index contributed by atoms with van der Waals surface area (Å²) in [4.78, 5) is 2.25. The zero-order valence-electron chi connectivity index (χ0n) is 7.86. The molecule has 3 fully saturated rings. The minimum Gasteiger partial charge on any atom is -0.302 e. The lowest BCUT2D eigenvalue weighted by atomic mass is 9.88. The van der Waals surface area contributed by atoms with E-state index in [1.54, 1.807) is 0 Å². The molecule has 3 aliphatic rings. The molecule has 0 aromatic carbocycles. The van der Waals surface area contributed by atoms with Gasteiger partial charge in [-0.1, -0.05) is 0 Å². The van der Waals surface area contributed by atoms with Gasteiger partial charge in [-0.15, -0.1) is 0 Å². The summed E-state index contributed by atoms with van der Waals surface area (Å²) in [6.07, 6.45) is 2.09. The molecule has 13 heavy (non-hydrogen) atoms. The van der Waals surface area contributed by atoms with Crippen molar-refractivity contribution < 1.29 is 8.42 Å². The van der Waals surface area contributed by atoms with E-state index < -0.39 is 10.0 Å². The van der Waals surface area contributed by atoms with Crippen LogP contribution < -0.4 is 4.72 Å². The van der Waals surface area contributed by atoms with Gasteiger partial charge in [0.15, 0.2) is 0 Å². The van der Waals surface area contributed by atoms with Gasteiger partial charge in [-0.3, -0.25) is 0 Å². The lowest BCUT2D eigenvalue weighted by molar-refractivity contribution is 0.114. The van der Waals surface area contributed by atoms with Crippen LogP contribution >= 0.6 is 0 Å².